The molecule has 0 bridgehead atoms. The van der Waals surface area contributed by atoms with Gasteiger partial charge in [-0.05, 0) is 30.0 Å². The number of fused-ring (bicyclic) bond motifs is 1. The first kappa shape index (κ1) is 12.4. The van der Waals surface area contributed by atoms with Gasteiger partial charge < -0.3 is 0 Å². The summed E-state index contributed by atoms with van der Waals surface area (Å²) in [5, 5.41) is 1.25. The van der Waals surface area contributed by atoms with Crippen LogP contribution in [0.2, 0.25) is 0 Å². The Kier molecular flexibility index (Phi) is 3.60. The van der Waals surface area contributed by atoms with E-state index in [9.17, 15) is 0 Å². The van der Waals surface area contributed by atoms with Gasteiger partial charge in [-0.1, -0.05) is 49.4 Å². The lowest BCUT2D eigenvalue weighted by Crippen LogP contribution is -2.01. The van der Waals surface area contributed by atoms with Crippen LogP contribution in [0.1, 0.15) is 29.8 Å². The molecule has 0 fully saturated rings. The lowest BCUT2D eigenvalue weighted by Gasteiger charge is -2.13. The van der Waals surface area contributed by atoms with E-state index in [1.807, 2.05) is 11.3 Å². The monoisotopic (exact) mass is 267 g/mol. The summed E-state index contributed by atoms with van der Waals surface area (Å²) in [4.78, 5) is 4.74. The van der Waals surface area contributed by atoms with E-state index in [1.165, 1.54) is 15.3 Å². The second-order valence-electron chi connectivity index (χ2n) is 4.80. The molecule has 0 N–H and O–H groups in total. The molecule has 0 aliphatic carbocycles. The van der Waals surface area contributed by atoms with Crippen molar-refractivity contribution in [3.8, 4) is 0 Å². The Balaban J connectivity index is 1.86. The Bertz CT molecular complexity index is 624. The van der Waals surface area contributed by atoms with Gasteiger partial charge in [0, 0.05) is 6.42 Å². The summed E-state index contributed by atoms with van der Waals surface area (Å²) in [6.07, 6.45) is 2.19. The molecule has 3 aromatic rings. The van der Waals surface area contributed by atoms with Gasteiger partial charge in [0.15, 0.2) is 0 Å². The maximum Gasteiger partial charge on any atom is 0.0944 e. The minimum absolute atomic E-state index is 0.571. The van der Waals surface area contributed by atoms with Crippen LogP contribution < -0.4 is 0 Å². The largest absolute Gasteiger partial charge is 0.241 e. The topological polar surface area (TPSA) is 12.9 Å². The number of para-hydroxylation sites is 1. The highest BCUT2D eigenvalue weighted by atomic mass is 32.1. The van der Waals surface area contributed by atoms with Gasteiger partial charge in [0.05, 0.1) is 15.2 Å². The van der Waals surface area contributed by atoms with Crippen molar-refractivity contribution in [1.82, 2.24) is 4.98 Å². The molecule has 2 heteroatoms. The molecule has 0 spiro atoms. The van der Waals surface area contributed by atoms with Gasteiger partial charge in [-0.15, -0.1) is 11.3 Å². The molecule has 0 saturated heterocycles. The second kappa shape index (κ2) is 5.54. The molecule has 0 aliphatic rings. The normalized spacial score (nSPS) is 12.7. The van der Waals surface area contributed by atoms with Crippen LogP contribution >= 0.6 is 11.3 Å². The van der Waals surface area contributed by atoms with Crippen molar-refractivity contribution in [1.29, 1.82) is 0 Å². The molecule has 1 nitrogen and oxygen atoms in total. The SMILES string of the molecule is CCC(Cc1nc2ccccc2s1)c1ccccc1. The zero-order chi connectivity index (χ0) is 13.1. The molecular formula is C17H17NS. The summed E-state index contributed by atoms with van der Waals surface area (Å²) in [5.41, 5.74) is 2.55. The van der Waals surface area contributed by atoms with Gasteiger partial charge in [0.25, 0.3) is 0 Å². The van der Waals surface area contributed by atoms with Crippen molar-refractivity contribution in [2.75, 3.05) is 0 Å². The first-order valence-electron chi connectivity index (χ1n) is 6.76. The molecule has 0 saturated carbocycles. The molecule has 0 radical (unpaired) electrons. The van der Waals surface area contributed by atoms with E-state index < -0.39 is 0 Å². The summed E-state index contributed by atoms with van der Waals surface area (Å²) in [5.74, 6) is 0.571. The zero-order valence-corrected chi connectivity index (χ0v) is 11.9. The zero-order valence-electron chi connectivity index (χ0n) is 11.0. The Hall–Kier alpha value is -1.67. The van der Waals surface area contributed by atoms with E-state index in [4.69, 9.17) is 4.98 Å². The number of nitrogens with zero attached hydrogens (tertiary/aromatic N) is 1. The molecule has 0 amide bonds. The van der Waals surface area contributed by atoms with Crippen LogP contribution in [0.4, 0.5) is 0 Å². The summed E-state index contributed by atoms with van der Waals surface area (Å²) in [7, 11) is 0. The van der Waals surface area contributed by atoms with Crippen molar-refractivity contribution in [2.24, 2.45) is 0 Å². The number of aromatic nitrogens is 1. The average molecular weight is 267 g/mol. The smallest absolute Gasteiger partial charge is 0.0944 e. The highest BCUT2D eigenvalue weighted by Crippen LogP contribution is 2.28. The van der Waals surface area contributed by atoms with Gasteiger partial charge in [-0.2, -0.15) is 0 Å². The van der Waals surface area contributed by atoms with Crippen molar-refractivity contribution in [3.63, 3.8) is 0 Å². The van der Waals surface area contributed by atoms with Crippen molar-refractivity contribution >= 4 is 21.6 Å². The number of rotatable bonds is 4. The van der Waals surface area contributed by atoms with Gasteiger partial charge >= 0.3 is 0 Å². The predicted molar refractivity (Wildman–Crippen MR) is 82.8 cm³/mol. The fraction of sp³-hybridized carbons (Fsp3) is 0.235. The van der Waals surface area contributed by atoms with Crippen LogP contribution in [-0.4, -0.2) is 4.98 Å². The standard InChI is InChI=1S/C17H17NS/c1-2-13(14-8-4-3-5-9-14)12-17-18-15-10-6-7-11-16(15)19-17/h3-11,13H,2,12H2,1H3. The van der Waals surface area contributed by atoms with Crippen LogP contribution in [0, 0.1) is 0 Å². The first-order valence-corrected chi connectivity index (χ1v) is 7.58. The quantitative estimate of drug-likeness (QED) is 0.646. The fourth-order valence-electron chi connectivity index (χ4n) is 2.44. The third-order valence-electron chi connectivity index (χ3n) is 3.52. The van der Waals surface area contributed by atoms with Crippen LogP contribution in [-0.2, 0) is 6.42 Å². The maximum absolute atomic E-state index is 4.74. The van der Waals surface area contributed by atoms with Crippen LogP contribution in [0.25, 0.3) is 10.2 Å². The molecule has 0 aliphatic heterocycles. The van der Waals surface area contributed by atoms with E-state index in [2.05, 4.69) is 61.5 Å². The second-order valence-corrected chi connectivity index (χ2v) is 5.91. The minimum atomic E-state index is 0.571. The highest BCUT2D eigenvalue weighted by Gasteiger charge is 2.12. The number of hydrogen-bond acceptors (Lipinski definition) is 2. The summed E-state index contributed by atoms with van der Waals surface area (Å²) >= 11 is 1.82. The molecule has 1 heterocycles. The van der Waals surface area contributed by atoms with Gasteiger partial charge in [-0.3, -0.25) is 0 Å². The summed E-state index contributed by atoms with van der Waals surface area (Å²) < 4.78 is 1.29. The van der Waals surface area contributed by atoms with Crippen LogP contribution in [0.5, 0.6) is 0 Å². The fourth-order valence-corrected chi connectivity index (χ4v) is 3.49. The molecule has 1 unspecified atom stereocenters. The summed E-state index contributed by atoms with van der Waals surface area (Å²) in [6, 6.07) is 19.2. The molecule has 1 atom stereocenters. The van der Waals surface area contributed by atoms with Crippen LogP contribution in [0.3, 0.4) is 0 Å². The third-order valence-corrected chi connectivity index (χ3v) is 4.58. The predicted octanol–water partition coefficient (Wildman–Crippen LogP) is 5.03. The van der Waals surface area contributed by atoms with E-state index >= 15 is 0 Å². The van der Waals surface area contributed by atoms with Gasteiger partial charge in [0.2, 0.25) is 0 Å². The molecular weight excluding hydrogens is 250 g/mol. The number of benzene rings is 2. The molecule has 3 rings (SSSR count). The Morgan fingerprint density at radius 3 is 2.47 bits per heavy atom. The van der Waals surface area contributed by atoms with Crippen LogP contribution in [0.15, 0.2) is 54.6 Å². The molecule has 96 valence electrons. The lowest BCUT2D eigenvalue weighted by molar-refractivity contribution is 0.658. The van der Waals surface area contributed by atoms with Gasteiger partial charge in [0.1, 0.15) is 0 Å². The van der Waals surface area contributed by atoms with E-state index in [-0.39, 0.29) is 0 Å². The van der Waals surface area contributed by atoms with Crippen molar-refractivity contribution in [3.05, 3.63) is 65.2 Å². The van der Waals surface area contributed by atoms with E-state index in [1.54, 1.807) is 0 Å². The summed E-state index contributed by atoms with van der Waals surface area (Å²) in [6.45, 7) is 2.25. The van der Waals surface area contributed by atoms with Gasteiger partial charge in [-0.25, -0.2) is 4.98 Å². The highest BCUT2D eigenvalue weighted by molar-refractivity contribution is 7.18. The molecule has 1 aromatic heterocycles. The molecule has 2 aromatic carbocycles. The average Bonchev–Trinajstić information content (AvgIpc) is 2.88. The van der Waals surface area contributed by atoms with E-state index in [0.717, 1.165) is 18.4 Å². The van der Waals surface area contributed by atoms with Crippen molar-refractivity contribution in [2.45, 2.75) is 25.7 Å². The number of hydrogen-bond donors (Lipinski definition) is 0. The number of thiazole rings is 1. The van der Waals surface area contributed by atoms with E-state index in [0.29, 0.717) is 5.92 Å². The minimum Gasteiger partial charge on any atom is -0.241 e. The Labute approximate surface area is 117 Å². The Morgan fingerprint density at radius 1 is 1.00 bits per heavy atom. The lowest BCUT2D eigenvalue weighted by atomic mass is 9.94. The maximum atomic E-state index is 4.74. The first-order chi connectivity index (χ1) is 9.36. The van der Waals surface area contributed by atoms with Crippen molar-refractivity contribution < 1.29 is 0 Å². The molecule has 19 heavy (non-hydrogen) atoms. The Morgan fingerprint density at radius 2 is 1.74 bits per heavy atom. The third kappa shape index (κ3) is 2.69.